The summed E-state index contributed by atoms with van der Waals surface area (Å²) in [5, 5.41) is 0. The molecule has 0 spiro atoms. The molecule has 0 aromatic heterocycles. The zero-order chi connectivity index (χ0) is 39.5. The van der Waals surface area contributed by atoms with Crippen LogP contribution in [0.15, 0.2) is 85.1 Å². The summed E-state index contributed by atoms with van der Waals surface area (Å²) < 4.78 is 33.3. The van der Waals surface area contributed by atoms with E-state index in [1.54, 1.807) is 0 Å². The van der Waals surface area contributed by atoms with Crippen molar-refractivity contribution in [2.24, 2.45) is 5.73 Å². The molecule has 0 radical (unpaired) electrons. The van der Waals surface area contributed by atoms with Gasteiger partial charge in [-0.3, -0.25) is 13.8 Å². The molecule has 0 amide bonds. The number of phosphoric ester groups is 1. The van der Waals surface area contributed by atoms with E-state index in [0.717, 1.165) is 83.5 Å². The molecular formula is C45H78NO7P. The molecule has 2 unspecified atom stereocenters. The van der Waals surface area contributed by atoms with Gasteiger partial charge in [-0.05, 0) is 70.6 Å². The highest BCUT2D eigenvalue weighted by Crippen LogP contribution is 2.43. The Bertz CT molecular complexity index is 1100. The van der Waals surface area contributed by atoms with E-state index >= 15 is 0 Å². The van der Waals surface area contributed by atoms with E-state index in [1.807, 2.05) is 0 Å². The molecule has 0 rings (SSSR count). The van der Waals surface area contributed by atoms with Crippen LogP contribution in [0.2, 0.25) is 0 Å². The summed E-state index contributed by atoms with van der Waals surface area (Å²) in [4.78, 5) is 22.4. The molecule has 0 fully saturated rings. The van der Waals surface area contributed by atoms with Gasteiger partial charge in [0.15, 0.2) is 0 Å². The number of phosphoric acid groups is 1. The number of hydrogen-bond acceptors (Lipinski definition) is 7. The van der Waals surface area contributed by atoms with E-state index < -0.39 is 13.9 Å². The predicted octanol–water partition coefficient (Wildman–Crippen LogP) is 12.5. The molecule has 54 heavy (non-hydrogen) atoms. The summed E-state index contributed by atoms with van der Waals surface area (Å²) >= 11 is 0. The van der Waals surface area contributed by atoms with Crippen LogP contribution in [0, 0.1) is 0 Å². The number of nitrogens with two attached hydrogens (primary N) is 1. The summed E-state index contributed by atoms with van der Waals surface area (Å²) in [6, 6.07) is 0. The first-order valence-electron chi connectivity index (χ1n) is 21.1. The average molecular weight is 776 g/mol. The summed E-state index contributed by atoms with van der Waals surface area (Å²) in [6.07, 6.45) is 53.2. The van der Waals surface area contributed by atoms with Gasteiger partial charge in [0.05, 0.1) is 19.8 Å². The third kappa shape index (κ3) is 40.9. The van der Waals surface area contributed by atoms with Crippen molar-refractivity contribution in [2.45, 2.75) is 161 Å². The third-order valence-electron chi connectivity index (χ3n) is 8.33. The number of carbonyl (C=O) groups excluding carboxylic acids is 1. The summed E-state index contributed by atoms with van der Waals surface area (Å²) in [6.45, 7) is 4.66. The van der Waals surface area contributed by atoms with Gasteiger partial charge < -0.3 is 20.1 Å². The first kappa shape index (κ1) is 51.7. The van der Waals surface area contributed by atoms with Gasteiger partial charge in [-0.15, -0.1) is 0 Å². The van der Waals surface area contributed by atoms with Crippen LogP contribution < -0.4 is 5.73 Å². The standard InChI is InChI=1S/C45H78NO7P/c1-3-5-7-9-11-13-15-16-17-18-19-20-21-22-23-24-25-26-27-29-31-33-35-37-40-50-42-44(43-52-54(48,49)51-41-39-46)53-45(47)38-36-34-32-30-28-14-12-10-8-6-4-2/h5,7,11,13,16-17,19-20,22-23,25-26,29,31,44H,3-4,6,8-10,12,14-15,18,21,24,27-28,30,32-43,46H2,1-2H3,(H,48,49)/b7-5-,13-11-,17-16-,20-19-,23-22-,26-25-,31-29-. The molecular weight excluding hydrogens is 697 g/mol. The van der Waals surface area contributed by atoms with Crippen LogP contribution in [0.1, 0.15) is 155 Å². The van der Waals surface area contributed by atoms with Crippen molar-refractivity contribution in [2.75, 3.05) is 33.0 Å². The summed E-state index contributed by atoms with van der Waals surface area (Å²) in [5.41, 5.74) is 5.36. The minimum absolute atomic E-state index is 0.0827. The minimum Gasteiger partial charge on any atom is -0.457 e. The molecule has 0 bridgehead atoms. The lowest BCUT2D eigenvalue weighted by molar-refractivity contribution is -0.154. The van der Waals surface area contributed by atoms with Gasteiger partial charge in [0.25, 0.3) is 0 Å². The van der Waals surface area contributed by atoms with Crippen LogP contribution in [0.5, 0.6) is 0 Å². The summed E-state index contributed by atoms with van der Waals surface area (Å²) in [5.74, 6) is -0.351. The van der Waals surface area contributed by atoms with Gasteiger partial charge in [-0.1, -0.05) is 163 Å². The lowest BCUT2D eigenvalue weighted by Gasteiger charge is -2.20. The van der Waals surface area contributed by atoms with Crippen LogP contribution in [0.25, 0.3) is 0 Å². The third-order valence-corrected chi connectivity index (χ3v) is 9.31. The molecule has 0 saturated carbocycles. The lowest BCUT2D eigenvalue weighted by Crippen LogP contribution is -2.28. The van der Waals surface area contributed by atoms with Gasteiger partial charge >= 0.3 is 13.8 Å². The molecule has 9 heteroatoms. The van der Waals surface area contributed by atoms with Gasteiger partial charge in [0, 0.05) is 19.6 Å². The monoisotopic (exact) mass is 776 g/mol. The average Bonchev–Trinajstić information content (AvgIpc) is 3.16. The fourth-order valence-electron chi connectivity index (χ4n) is 5.27. The molecule has 0 aliphatic rings. The smallest absolute Gasteiger partial charge is 0.457 e. The van der Waals surface area contributed by atoms with Gasteiger partial charge in [-0.25, -0.2) is 4.57 Å². The Morgan fingerprint density at radius 1 is 0.574 bits per heavy atom. The van der Waals surface area contributed by atoms with Crippen molar-refractivity contribution in [3.63, 3.8) is 0 Å². The zero-order valence-corrected chi connectivity index (χ0v) is 35.1. The molecule has 8 nitrogen and oxygen atoms in total. The maximum Gasteiger partial charge on any atom is 0.472 e. The maximum absolute atomic E-state index is 12.5. The molecule has 3 N–H and O–H groups in total. The quantitative estimate of drug-likeness (QED) is 0.0274. The topological polar surface area (TPSA) is 117 Å². The van der Waals surface area contributed by atoms with Crippen molar-refractivity contribution in [3.8, 4) is 0 Å². The number of allylic oxidation sites excluding steroid dienone is 14. The highest BCUT2D eigenvalue weighted by Gasteiger charge is 2.25. The molecule has 0 aliphatic heterocycles. The van der Waals surface area contributed by atoms with E-state index in [9.17, 15) is 14.3 Å². The Hall–Kier alpha value is -2.32. The lowest BCUT2D eigenvalue weighted by atomic mass is 10.1. The second-order valence-electron chi connectivity index (χ2n) is 13.5. The normalized spacial score (nSPS) is 14.4. The number of rotatable bonds is 39. The fraction of sp³-hybridized carbons (Fsp3) is 0.667. The Labute approximate surface area is 330 Å². The predicted molar refractivity (Wildman–Crippen MR) is 228 cm³/mol. The van der Waals surface area contributed by atoms with Crippen LogP contribution in [0.3, 0.4) is 0 Å². The van der Waals surface area contributed by atoms with Crippen LogP contribution in [0.4, 0.5) is 0 Å². The van der Waals surface area contributed by atoms with Crippen molar-refractivity contribution >= 4 is 13.8 Å². The van der Waals surface area contributed by atoms with Gasteiger partial charge in [0.2, 0.25) is 0 Å². The Morgan fingerprint density at radius 3 is 1.52 bits per heavy atom. The van der Waals surface area contributed by atoms with Crippen molar-refractivity contribution in [3.05, 3.63) is 85.1 Å². The SMILES string of the molecule is CC/C=C\C/C=C\C/C=C\C/C=C\C/C=C\C/C=C\C/C=C\CCCCOCC(COP(=O)(O)OCCN)OC(=O)CCCCCCCCCCCCC. The molecule has 0 aliphatic carbocycles. The molecule has 0 heterocycles. The zero-order valence-electron chi connectivity index (χ0n) is 34.2. The second kappa shape index (κ2) is 41.8. The van der Waals surface area contributed by atoms with Crippen molar-refractivity contribution in [1.82, 2.24) is 0 Å². The molecule has 0 aromatic rings. The molecule has 0 aromatic carbocycles. The highest BCUT2D eigenvalue weighted by atomic mass is 31.2. The van der Waals surface area contributed by atoms with Crippen LogP contribution >= 0.6 is 7.82 Å². The van der Waals surface area contributed by atoms with E-state index in [0.29, 0.717) is 13.0 Å². The Morgan fingerprint density at radius 2 is 1.04 bits per heavy atom. The Balaban J connectivity index is 4.13. The van der Waals surface area contributed by atoms with E-state index in [1.165, 1.54) is 51.4 Å². The van der Waals surface area contributed by atoms with Crippen LogP contribution in [-0.4, -0.2) is 49.9 Å². The molecule has 0 saturated heterocycles. The minimum atomic E-state index is -4.29. The second-order valence-corrected chi connectivity index (χ2v) is 14.9. The van der Waals surface area contributed by atoms with Crippen molar-refractivity contribution < 1.29 is 32.8 Å². The van der Waals surface area contributed by atoms with Crippen molar-refractivity contribution in [1.29, 1.82) is 0 Å². The molecule has 2 atom stereocenters. The fourth-order valence-corrected chi connectivity index (χ4v) is 6.03. The maximum atomic E-state index is 12.5. The number of carbonyl (C=O) groups is 1. The molecule has 310 valence electrons. The number of esters is 1. The van der Waals surface area contributed by atoms with E-state index in [4.69, 9.17) is 24.3 Å². The van der Waals surface area contributed by atoms with E-state index in [-0.39, 0.29) is 32.3 Å². The van der Waals surface area contributed by atoms with Gasteiger partial charge in [-0.2, -0.15) is 0 Å². The Kier molecular flexibility index (Phi) is 40.0. The summed E-state index contributed by atoms with van der Waals surface area (Å²) in [7, 11) is -4.29. The van der Waals surface area contributed by atoms with Crippen LogP contribution in [-0.2, 0) is 27.9 Å². The highest BCUT2D eigenvalue weighted by molar-refractivity contribution is 7.47. The largest absolute Gasteiger partial charge is 0.472 e. The van der Waals surface area contributed by atoms with Gasteiger partial charge in [0.1, 0.15) is 6.10 Å². The first-order valence-corrected chi connectivity index (χ1v) is 22.6. The van der Waals surface area contributed by atoms with E-state index in [2.05, 4.69) is 98.9 Å². The first-order chi connectivity index (χ1) is 26.4. The number of unbranched alkanes of at least 4 members (excludes halogenated alkanes) is 12. The number of hydrogen-bond donors (Lipinski definition) is 2. The number of ether oxygens (including phenoxy) is 2.